The van der Waals surface area contributed by atoms with Crippen LogP contribution in [0.25, 0.3) is 22.4 Å². The lowest BCUT2D eigenvalue weighted by Gasteiger charge is -2.41. The number of aliphatic hydroxyl groups is 1. The number of hydrogen-bond acceptors (Lipinski definition) is 2. The molecule has 1 atom stereocenters. The van der Waals surface area contributed by atoms with E-state index in [4.69, 9.17) is 0 Å². The molecule has 0 spiro atoms. The first-order chi connectivity index (χ1) is 15.1. The molecule has 0 radical (unpaired) electrons. The highest BCUT2D eigenvalue weighted by Crippen LogP contribution is 2.39. The van der Waals surface area contributed by atoms with Gasteiger partial charge in [-0.2, -0.15) is 0 Å². The highest BCUT2D eigenvalue weighted by molar-refractivity contribution is 6.00. The predicted molar refractivity (Wildman–Crippen MR) is 123 cm³/mol. The highest BCUT2D eigenvalue weighted by atomic mass is 16.4. The molecule has 0 fully saturated rings. The Morgan fingerprint density at radius 3 is 2.29 bits per heavy atom. The van der Waals surface area contributed by atoms with Gasteiger partial charge in [0.2, 0.25) is 0 Å². The van der Waals surface area contributed by atoms with Crippen molar-refractivity contribution in [3.8, 4) is 0 Å². The van der Waals surface area contributed by atoms with E-state index in [0.717, 1.165) is 31.7 Å². The van der Waals surface area contributed by atoms with Crippen LogP contribution in [0.3, 0.4) is 0 Å². The molecule has 4 aromatic rings. The molecular weight excluding hydrogens is 386 g/mol. The van der Waals surface area contributed by atoms with Crippen molar-refractivity contribution in [1.29, 1.82) is 0 Å². The number of benzene rings is 4. The summed E-state index contributed by atoms with van der Waals surface area (Å²) in [6.45, 7) is 0. The largest absolute Gasteiger partial charge is 0.465 e. The molecule has 4 nitrogen and oxygen atoms in total. The molecule has 1 unspecified atom stereocenters. The van der Waals surface area contributed by atoms with Crippen molar-refractivity contribution in [2.75, 3.05) is 4.90 Å². The second kappa shape index (κ2) is 7.42. The lowest BCUT2D eigenvalue weighted by atomic mass is 9.83. The van der Waals surface area contributed by atoms with Gasteiger partial charge in [0.05, 0.1) is 5.69 Å². The van der Waals surface area contributed by atoms with E-state index in [0.29, 0.717) is 11.3 Å². The van der Waals surface area contributed by atoms with Crippen molar-refractivity contribution in [3.05, 3.63) is 113 Å². The van der Waals surface area contributed by atoms with Crippen LogP contribution in [0.15, 0.2) is 97.1 Å². The number of nitrogens with zero attached hydrogens (tertiary/aromatic N) is 1. The molecule has 0 saturated heterocycles. The topological polar surface area (TPSA) is 60.8 Å². The third-order valence-electron chi connectivity index (χ3n) is 5.87. The Balaban J connectivity index is 1.89. The van der Waals surface area contributed by atoms with Crippen LogP contribution in [0, 0.1) is 0 Å². The first kappa shape index (κ1) is 19.1. The summed E-state index contributed by atoms with van der Waals surface area (Å²) in [5.74, 6) is 0. The van der Waals surface area contributed by atoms with Crippen molar-refractivity contribution in [2.24, 2.45) is 0 Å². The molecule has 0 heterocycles. The Morgan fingerprint density at radius 2 is 1.48 bits per heavy atom. The van der Waals surface area contributed by atoms with E-state index in [-0.39, 0.29) is 6.42 Å². The van der Waals surface area contributed by atoms with Gasteiger partial charge in [0.15, 0.2) is 5.72 Å². The van der Waals surface area contributed by atoms with Gasteiger partial charge in [0.25, 0.3) is 0 Å². The number of fused-ring (bicyclic) bond motifs is 2. The van der Waals surface area contributed by atoms with E-state index in [2.05, 4.69) is 0 Å². The minimum Gasteiger partial charge on any atom is -0.465 e. The van der Waals surface area contributed by atoms with Crippen LogP contribution in [0.5, 0.6) is 0 Å². The van der Waals surface area contributed by atoms with E-state index in [1.54, 1.807) is 24.3 Å². The maximum atomic E-state index is 12.5. The minimum atomic E-state index is -1.77. The standard InChI is InChI=1S/C27H21NO3/c29-26(30)28(21-12-2-1-3-13-21)27(31)18-17-20-10-5-7-15-23(20)25(27)24-16-8-11-19-9-4-6-14-22(19)24/h1-17,31H,18H2,(H,29,30). The van der Waals surface area contributed by atoms with Gasteiger partial charge in [-0.3, -0.25) is 0 Å². The summed E-state index contributed by atoms with van der Waals surface area (Å²) in [6, 6.07) is 30.4. The van der Waals surface area contributed by atoms with Crippen molar-refractivity contribution >= 4 is 34.2 Å². The Bertz CT molecular complexity index is 1410. The molecule has 5 rings (SSSR count). The van der Waals surface area contributed by atoms with Gasteiger partial charge >= 0.3 is 6.09 Å². The van der Waals surface area contributed by atoms with Crippen molar-refractivity contribution < 1.29 is 15.0 Å². The SMILES string of the molecule is O=C(O)N(c1ccccc1)C1(O)CC=c2ccccc2=C1c1cccc2ccccc12. The van der Waals surface area contributed by atoms with Crippen LogP contribution in [0.2, 0.25) is 0 Å². The molecule has 0 bridgehead atoms. The average Bonchev–Trinajstić information content (AvgIpc) is 2.79. The third kappa shape index (κ3) is 3.09. The Kier molecular flexibility index (Phi) is 4.57. The fourth-order valence-electron chi connectivity index (χ4n) is 4.54. The van der Waals surface area contributed by atoms with Crippen LogP contribution in [0.1, 0.15) is 12.0 Å². The molecule has 0 aliphatic heterocycles. The van der Waals surface area contributed by atoms with Crippen LogP contribution >= 0.6 is 0 Å². The monoisotopic (exact) mass is 407 g/mol. The Morgan fingerprint density at radius 1 is 0.806 bits per heavy atom. The third-order valence-corrected chi connectivity index (χ3v) is 5.87. The zero-order valence-corrected chi connectivity index (χ0v) is 16.8. The van der Waals surface area contributed by atoms with Gasteiger partial charge in [0, 0.05) is 12.0 Å². The van der Waals surface area contributed by atoms with E-state index in [9.17, 15) is 15.0 Å². The van der Waals surface area contributed by atoms with Crippen molar-refractivity contribution in [1.82, 2.24) is 0 Å². The average molecular weight is 407 g/mol. The Labute approximate surface area is 179 Å². The van der Waals surface area contributed by atoms with Gasteiger partial charge in [-0.05, 0) is 38.9 Å². The van der Waals surface area contributed by atoms with E-state index in [1.807, 2.05) is 78.9 Å². The molecule has 152 valence electrons. The molecule has 1 aliphatic carbocycles. The summed E-state index contributed by atoms with van der Waals surface area (Å²) in [5.41, 5.74) is 0.0612. The lowest BCUT2D eigenvalue weighted by Crippen LogP contribution is -2.57. The summed E-state index contributed by atoms with van der Waals surface area (Å²) in [4.78, 5) is 13.6. The van der Waals surface area contributed by atoms with Crippen LogP contribution in [0.4, 0.5) is 10.5 Å². The van der Waals surface area contributed by atoms with Gasteiger partial charge in [0.1, 0.15) is 0 Å². The summed E-state index contributed by atoms with van der Waals surface area (Å²) < 4.78 is 0. The van der Waals surface area contributed by atoms with Crippen LogP contribution in [-0.2, 0) is 0 Å². The normalized spacial score (nSPS) is 17.6. The summed E-state index contributed by atoms with van der Waals surface area (Å²) >= 11 is 0. The molecule has 2 N–H and O–H groups in total. The number of rotatable bonds is 3. The smallest absolute Gasteiger partial charge is 0.414 e. The molecule has 31 heavy (non-hydrogen) atoms. The molecule has 0 saturated carbocycles. The van der Waals surface area contributed by atoms with Gasteiger partial charge < -0.3 is 10.2 Å². The van der Waals surface area contributed by atoms with E-state index < -0.39 is 11.8 Å². The van der Waals surface area contributed by atoms with E-state index in [1.165, 1.54) is 0 Å². The number of hydrogen-bond donors (Lipinski definition) is 2. The fraction of sp³-hybridized carbons (Fsp3) is 0.0741. The summed E-state index contributed by atoms with van der Waals surface area (Å²) in [5, 5.41) is 26.2. The second-order valence-electron chi connectivity index (χ2n) is 7.67. The summed E-state index contributed by atoms with van der Waals surface area (Å²) in [7, 11) is 0. The summed E-state index contributed by atoms with van der Waals surface area (Å²) in [6.07, 6.45) is 0.839. The number of carbonyl (C=O) groups is 1. The maximum absolute atomic E-state index is 12.5. The fourth-order valence-corrected chi connectivity index (χ4v) is 4.54. The first-order valence-electron chi connectivity index (χ1n) is 10.2. The van der Waals surface area contributed by atoms with Crippen molar-refractivity contribution in [3.63, 3.8) is 0 Å². The van der Waals surface area contributed by atoms with Gasteiger partial charge in [-0.15, -0.1) is 0 Å². The van der Waals surface area contributed by atoms with E-state index >= 15 is 0 Å². The molecule has 1 amide bonds. The number of para-hydroxylation sites is 1. The lowest BCUT2D eigenvalue weighted by molar-refractivity contribution is 0.0963. The molecular formula is C27H21NO3. The quantitative estimate of drug-likeness (QED) is 0.503. The van der Waals surface area contributed by atoms with Crippen LogP contribution in [-0.4, -0.2) is 22.0 Å². The number of amides is 1. The Hall–Kier alpha value is -3.89. The zero-order chi connectivity index (χ0) is 21.4. The van der Waals surface area contributed by atoms with Gasteiger partial charge in [-0.1, -0.05) is 91.0 Å². The van der Waals surface area contributed by atoms with Crippen LogP contribution < -0.4 is 15.3 Å². The zero-order valence-electron chi connectivity index (χ0n) is 16.8. The molecule has 4 aromatic carbocycles. The second-order valence-corrected chi connectivity index (χ2v) is 7.67. The molecule has 1 aliphatic rings. The first-order valence-corrected chi connectivity index (χ1v) is 10.2. The highest BCUT2D eigenvalue weighted by Gasteiger charge is 2.44. The minimum absolute atomic E-state index is 0.143. The number of anilines is 1. The molecule has 0 aromatic heterocycles. The van der Waals surface area contributed by atoms with Crippen molar-refractivity contribution in [2.45, 2.75) is 12.1 Å². The maximum Gasteiger partial charge on any atom is 0.414 e. The predicted octanol–water partition coefficient (Wildman–Crippen LogP) is 4.10. The molecule has 4 heteroatoms. The van der Waals surface area contributed by atoms with Gasteiger partial charge in [-0.25, -0.2) is 9.69 Å². The number of carboxylic acid groups (broad SMARTS) is 1.